The van der Waals surface area contributed by atoms with E-state index in [0.29, 0.717) is 0 Å². The Kier molecular flexibility index (Phi) is 252000. The molecule has 0 aromatic rings. The highest BCUT2D eigenvalue weighted by atomic mass is 17.0. The molecule has 0 amide bonds. The van der Waals surface area contributed by atoms with E-state index in [0.717, 1.165) is 0 Å². The molecule has 0 aliphatic heterocycles. The first-order chi connectivity index (χ1) is 1.00. The minimum Gasteiger partial charge on any atom is -0.412 e. The summed E-state index contributed by atoms with van der Waals surface area (Å²) >= 11 is 0. The number of hydrogen-bond acceptors (Lipinski definition) is 2. The fourth-order valence-electron chi connectivity index (χ4n) is 0. The SMILES string of the molecule is C.C.C.O.O.OO.[2HH]. The van der Waals surface area contributed by atoms with Crippen molar-refractivity contribution in [1.82, 2.24) is 0 Å². The van der Waals surface area contributed by atoms with Crippen molar-refractivity contribution in [2.75, 3.05) is 0 Å². The van der Waals surface area contributed by atoms with Crippen LogP contribution < -0.4 is 0 Å². The van der Waals surface area contributed by atoms with Crippen LogP contribution in [0.5, 0.6) is 0 Å². The summed E-state index contributed by atoms with van der Waals surface area (Å²) in [6.45, 7) is 0. The van der Waals surface area contributed by atoms with E-state index in [1.807, 2.05) is 0 Å². The van der Waals surface area contributed by atoms with Crippen LogP contribution >= 0.6 is 0 Å². The topological polar surface area (TPSA) is 103 Å². The Morgan fingerprint density at radius 2 is 0.714 bits per heavy atom. The summed E-state index contributed by atoms with van der Waals surface area (Å²) in [6.07, 6.45) is 0. The van der Waals surface area contributed by atoms with Gasteiger partial charge in [0.1, 0.15) is 0 Å². The summed E-state index contributed by atoms with van der Waals surface area (Å²) in [5.74, 6) is 0. The molecular formula is C3H20O4. The Hall–Kier alpha value is -0.160. The second-order valence-electron chi connectivity index (χ2n) is 0. The maximum absolute atomic E-state index is 6.00. The van der Waals surface area contributed by atoms with Crippen LogP contribution in [0.3, 0.4) is 0 Å². The van der Waals surface area contributed by atoms with Gasteiger partial charge >= 0.3 is 0 Å². The fourth-order valence-corrected chi connectivity index (χ4v) is 0. The molecular weight excluding hydrogens is 100 g/mol. The summed E-state index contributed by atoms with van der Waals surface area (Å²) in [5, 5.41) is 12.0. The third-order valence-corrected chi connectivity index (χ3v) is 0. The Balaban J connectivity index is -0.000000000333. The minimum absolute atomic E-state index is 0. The highest BCUT2D eigenvalue weighted by molar-refractivity contribution is 2.51. The molecule has 0 aromatic heterocycles. The zero-order valence-electron chi connectivity index (χ0n) is 1.89. The molecule has 0 aromatic carbocycles. The van der Waals surface area contributed by atoms with Crippen molar-refractivity contribution >= 4 is 0 Å². The van der Waals surface area contributed by atoms with Crippen LogP contribution in [0.4, 0.5) is 0 Å². The van der Waals surface area contributed by atoms with E-state index in [9.17, 15) is 0 Å². The van der Waals surface area contributed by atoms with Crippen molar-refractivity contribution < 1.29 is 22.9 Å². The molecule has 0 unspecified atom stereocenters. The zero-order valence-corrected chi connectivity index (χ0v) is 1.89. The van der Waals surface area contributed by atoms with Gasteiger partial charge in [0.15, 0.2) is 0 Å². The van der Waals surface area contributed by atoms with Crippen LogP contribution in [0.2, 0.25) is 0 Å². The normalized spacial score (nSPS) is 0.857. The van der Waals surface area contributed by atoms with E-state index in [-0.39, 0.29) is 34.7 Å². The lowest BCUT2D eigenvalue weighted by Crippen LogP contribution is -1.29. The smallest absolute Gasteiger partial charge is 0 e. The lowest BCUT2D eigenvalue weighted by Gasteiger charge is -1.25. The average molecular weight is 121 g/mol. The molecule has 0 rings (SSSR count). The maximum Gasteiger partial charge on any atom is 0 e. The highest BCUT2D eigenvalue weighted by Crippen LogP contribution is 0.711. The van der Waals surface area contributed by atoms with Gasteiger partial charge in [-0.05, 0) is 0 Å². The molecule has 0 spiro atoms. The van der Waals surface area contributed by atoms with Gasteiger partial charge < -0.3 is 11.0 Å². The summed E-state index contributed by atoms with van der Waals surface area (Å²) in [7, 11) is 0. The van der Waals surface area contributed by atoms with Gasteiger partial charge in [-0.25, -0.2) is 0 Å². The first-order valence-corrected chi connectivity index (χ1v) is 0.200. The number of rotatable bonds is 0. The van der Waals surface area contributed by atoms with Crippen molar-refractivity contribution in [3.63, 3.8) is 0 Å². The van der Waals surface area contributed by atoms with Crippen molar-refractivity contribution in [2.45, 2.75) is 22.3 Å². The fraction of sp³-hybridized carbons (Fsp3) is 1.00. The molecule has 4 heteroatoms. The van der Waals surface area contributed by atoms with Crippen LogP contribution in [-0.2, 0) is 0 Å². The summed E-state index contributed by atoms with van der Waals surface area (Å²) in [4.78, 5) is 0. The van der Waals surface area contributed by atoms with E-state index in [1.165, 1.54) is 0 Å². The first-order valence-electron chi connectivity index (χ1n) is 0.200. The van der Waals surface area contributed by atoms with Crippen LogP contribution in [0.15, 0.2) is 0 Å². The molecule has 6 N–H and O–H groups in total. The molecule has 0 aliphatic carbocycles. The van der Waals surface area contributed by atoms with Crippen molar-refractivity contribution in [3.8, 4) is 0 Å². The van der Waals surface area contributed by atoms with E-state index in [2.05, 4.69) is 0 Å². The van der Waals surface area contributed by atoms with Crippen LogP contribution in [0, 0.1) is 0 Å². The molecule has 4 nitrogen and oxygen atoms in total. The molecule has 7 heavy (non-hydrogen) atoms. The zero-order chi connectivity index (χ0) is 2.00. The quantitative estimate of drug-likeness (QED) is 0.360. The Labute approximate surface area is 46.5 Å². The molecule has 0 atom stereocenters. The first kappa shape index (κ1) is 331. The molecule has 0 bridgehead atoms. The Morgan fingerprint density at radius 1 is 0.714 bits per heavy atom. The standard InChI is InChI=1S/3CH4.H2O2.2H2O.H2/c;;;1-2;;;/h3*1H4;1-2H;2*1H2;1H/i;;;;;;1+1. The van der Waals surface area contributed by atoms with Gasteiger partial charge in [0.2, 0.25) is 0 Å². The molecule has 0 heterocycles. The third kappa shape index (κ3) is 3360. The lowest BCUT2D eigenvalue weighted by molar-refractivity contribution is -0.176. The summed E-state index contributed by atoms with van der Waals surface area (Å²) in [5.41, 5.74) is 0. The van der Waals surface area contributed by atoms with Crippen molar-refractivity contribution in [1.29, 1.82) is 0 Å². The van der Waals surface area contributed by atoms with E-state index < -0.39 is 0 Å². The van der Waals surface area contributed by atoms with Gasteiger partial charge in [-0.1, -0.05) is 22.3 Å². The van der Waals surface area contributed by atoms with Crippen LogP contribution in [0.1, 0.15) is 23.7 Å². The summed E-state index contributed by atoms with van der Waals surface area (Å²) < 4.78 is 0. The second-order valence-corrected chi connectivity index (χ2v) is 0. The van der Waals surface area contributed by atoms with Crippen LogP contribution in [0.25, 0.3) is 0 Å². The molecule has 0 aliphatic rings. The van der Waals surface area contributed by atoms with E-state index in [1.54, 1.807) is 0 Å². The monoisotopic (exact) mass is 121 g/mol. The van der Waals surface area contributed by atoms with Gasteiger partial charge in [-0.3, -0.25) is 10.5 Å². The molecule has 0 saturated carbocycles. The van der Waals surface area contributed by atoms with Gasteiger partial charge in [0.05, 0.1) is 0 Å². The third-order valence-electron chi connectivity index (χ3n) is 0. The number of hydrogen-bond donors (Lipinski definition) is 2. The Bertz CT molecular complexity index is 11.2. The molecule has 0 saturated heterocycles. The minimum atomic E-state index is 0. The second kappa shape index (κ2) is 5340. The van der Waals surface area contributed by atoms with Crippen molar-refractivity contribution in [3.05, 3.63) is 0 Å². The molecule has 0 radical (unpaired) electrons. The predicted octanol–water partition coefficient (Wildman–Crippen LogP) is 0.522. The molecule has 0 fully saturated rings. The van der Waals surface area contributed by atoms with Gasteiger partial charge in [-0.2, -0.15) is 0 Å². The largest absolute Gasteiger partial charge is 0.412 e. The lowest BCUT2D eigenvalue weighted by atomic mass is 12.0. The van der Waals surface area contributed by atoms with Gasteiger partial charge in [0, 0.05) is 1.43 Å². The van der Waals surface area contributed by atoms with Gasteiger partial charge in [0.25, 0.3) is 0 Å². The highest BCUT2D eigenvalue weighted by Gasteiger charge is 0.745. The average Bonchev–Trinajstić information content (AvgIpc) is 1.00. The van der Waals surface area contributed by atoms with Crippen LogP contribution in [-0.4, -0.2) is 21.5 Å². The van der Waals surface area contributed by atoms with E-state index in [4.69, 9.17) is 10.5 Å². The van der Waals surface area contributed by atoms with E-state index >= 15 is 0 Å². The van der Waals surface area contributed by atoms with Crippen molar-refractivity contribution in [2.24, 2.45) is 0 Å². The van der Waals surface area contributed by atoms with Gasteiger partial charge in [-0.15, -0.1) is 0 Å². The Morgan fingerprint density at radius 3 is 0.714 bits per heavy atom. The molecule has 56 valence electrons. The summed E-state index contributed by atoms with van der Waals surface area (Å²) in [6, 6.07) is 0. The predicted molar refractivity (Wildman–Crippen MR) is 34.8 cm³/mol. The maximum atomic E-state index is 6.00.